The van der Waals surface area contributed by atoms with Crippen LogP contribution in [0.1, 0.15) is 12.8 Å². The first-order valence-corrected chi connectivity index (χ1v) is 7.15. The SMILES string of the molecule is NC(=S)C1CCCN(S(=O)(=O)c2cn[nH]c2)C1. The molecule has 1 aromatic rings. The molecule has 1 saturated heterocycles. The molecule has 0 spiro atoms. The molecule has 0 radical (unpaired) electrons. The molecule has 0 amide bonds. The molecule has 2 rings (SSSR count). The zero-order chi connectivity index (χ0) is 12.5. The van der Waals surface area contributed by atoms with E-state index in [4.69, 9.17) is 18.0 Å². The third kappa shape index (κ3) is 2.48. The van der Waals surface area contributed by atoms with Crippen molar-refractivity contribution in [2.45, 2.75) is 17.7 Å². The van der Waals surface area contributed by atoms with Crippen molar-refractivity contribution in [3.8, 4) is 0 Å². The summed E-state index contributed by atoms with van der Waals surface area (Å²) in [6, 6.07) is 0. The molecule has 6 nitrogen and oxygen atoms in total. The predicted molar refractivity (Wildman–Crippen MR) is 66.9 cm³/mol. The quantitative estimate of drug-likeness (QED) is 0.763. The monoisotopic (exact) mass is 274 g/mol. The Morgan fingerprint density at radius 3 is 3.00 bits per heavy atom. The van der Waals surface area contributed by atoms with Crippen LogP contribution < -0.4 is 5.73 Å². The van der Waals surface area contributed by atoms with E-state index < -0.39 is 10.0 Å². The van der Waals surface area contributed by atoms with Crippen molar-refractivity contribution < 1.29 is 8.42 Å². The second-order valence-corrected chi connectivity index (χ2v) is 6.45. The number of nitrogens with zero attached hydrogens (tertiary/aromatic N) is 2. The first kappa shape index (κ1) is 12.5. The van der Waals surface area contributed by atoms with Crippen molar-refractivity contribution >= 4 is 27.2 Å². The summed E-state index contributed by atoms with van der Waals surface area (Å²) in [6.07, 6.45) is 4.31. The molecule has 3 N–H and O–H groups in total. The molecular weight excluding hydrogens is 260 g/mol. The Bertz CT molecular complexity index is 497. The van der Waals surface area contributed by atoms with Gasteiger partial charge in [0.05, 0.1) is 11.2 Å². The van der Waals surface area contributed by atoms with Crippen LogP contribution in [0.3, 0.4) is 0 Å². The van der Waals surface area contributed by atoms with E-state index >= 15 is 0 Å². The van der Waals surface area contributed by atoms with E-state index in [2.05, 4.69) is 10.2 Å². The van der Waals surface area contributed by atoms with Gasteiger partial charge in [-0.3, -0.25) is 5.10 Å². The fourth-order valence-corrected chi connectivity index (χ4v) is 3.55. The van der Waals surface area contributed by atoms with E-state index in [1.165, 1.54) is 16.7 Å². The van der Waals surface area contributed by atoms with Gasteiger partial charge in [0.1, 0.15) is 4.90 Å². The number of aromatic nitrogens is 2. The number of hydrogen-bond donors (Lipinski definition) is 2. The molecule has 1 unspecified atom stereocenters. The number of nitrogens with two attached hydrogens (primary N) is 1. The molecule has 1 fully saturated rings. The Kier molecular flexibility index (Phi) is 3.45. The molecule has 2 heterocycles. The Labute approximate surface area is 105 Å². The third-order valence-electron chi connectivity index (χ3n) is 2.90. The molecule has 0 aliphatic carbocycles. The van der Waals surface area contributed by atoms with E-state index in [9.17, 15) is 8.42 Å². The maximum Gasteiger partial charge on any atom is 0.246 e. The number of aromatic amines is 1. The molecule has 1 aliphatic heterocycles. The van der Waals surface area contributed by atoms with Gasteiger partial charge in [0, 0.05) is 25.2 Å². The molecular formula is C9H14N4O2S2. The predicted octanol–water partition coefficient (Wildman–Crippen LogP) is 0.0965. The van der Waals surface area contributed by atoms with E-state index in [0.29, 0.717) is 18.1 Å². The first-order chi connectivity index (χ1) is 8.01. The van der Waals surface area contributed by atoms with Gasteiger partial charge in [-0.2, -0.15) is 9.40 Å². The van der Waals surface area contributed by atoms with Crippen molar-refractivity contribution in [1.82, 2.24) is 14.5 Å². The maximum atomic E-state index is 12.2. The van der Waals surface area contributed by atoms with Gasteiger partial charge in [0.2, 0.25) is 10.0 Å². The Balaban J connectivity index is 2.20. The average Bonchev–Trinajstić information content (AvgIpc) is 2.83. The van der Waals surface area contributed by atoms with E-state index in [-0.39, 0.29) is 10.8 Å². The number of sulfonamides is 1. The molecule has 0 aromatic carbocycles. The number of thiocarbonyl (C=S) groups is 1. The number of rotatable bonds is 3. The van der Waals surface area contributed by atoms with Gasteiger partial charge < -0.3 is 5.73 Å². The fourth-order valence-electron chi connectivity index (χ4n) is 1.92. The van der Waals surface area contributed by atoms with Crippen LogP contribution >= 0.6 is 12.2 Å². The van der Waals surface area contributed by atoms with Crippen LogP contribution in [0.15, 0.2) is 17.3 Å². The summed E-state index contributed by atoms with van der Waals surface area (Å²) in [5.74, 6) is -0.0274. The highest BCUT2D eigenvalue weighted by Crippen LogP contribution is 2.23. The molecule has 1 atom stereocenters. The van der Waals surface area contributed by atoms with Crippen molar-refractivity contribution in [2.24, 2.45) is 11.7 Å². The summed E-state index contributed by atoms with van der Waals surface area (Å²) in [6.45, 7) is 0.871. The largest absolute Gasteiger partial charge is 0.393 e. The third-order valence-corrected chi connectivity index (χ3v) is 5.06. The zero-order valence-corrected chi connectivity index (χ0v) is 10.8. The summed E-state index contributed by atoms with van der Waals surface area (Å²) < 4.78 is 25.8. The normalized spacial score (nSPS) is 22.5. The summed E-state index contributed by atoms with van der Waals surface area (Å²) in [5.41, 5.74) is 5.58. The summed E-state index contributed by atoms with van der Waals surface area (Å²) in [4.78, 5) is 0.568. The maximum absolute atomic E-state index is 12.2. The van der Waals surface area contributed by atoms with Gasteiger partial charge in [-0.25, -0.2) is 8.42 Å². The lowest BCUT2D eigenvalue weighted by Crippen LogP contribution is -2.43. The lowest BCUT2D eigenvalue weighted by atomic mass is 10.0. The number of nitrogens with one attached hydrogen (secondary N) is 1. The number of H-pyrrole nitrogens is 1. The highest BCUT2D eigenvalue weighted by molar-refractivity contribution is 7.89. The van der Waals surface area contributed by atoms with Crippen molar-refractivity contribution in [3.05, 3.63) is 12.4 Å². The minimum Gasteiger partial charge on any atom is -0.393 e. The highest BCUT2D eigenvalue weighted by atomic mass is 32.2. The van der Waals surface area contributed by atoms with Crippen LogP contribution in [0.5, 0.6) is 0 Å². The van der Waals surface area contributed by atoms with Crippen molar-refractivity contribution in [3.63, 3.8) is 0 Å². The standard InChI is InChI=1S/C9H14N4O2S2/c10-9(16)7-2-1-3-13(6-7)17(14,15)8-4-11-12-5-8/h4-5,7H,1-3,6H2,(H2,10,16)(H,11,12). The lowest BCUT2D eigenvalue weighted by molar-refractivity contribution is 0.312. The molecule has 1 aliphatic rings. The van der Waals surface area contributed by atoms with Crippen LogP contribution in [0.4, 0.5) is 0 Å². The van der Waals surface area contributed by atoms with Gasteiger partial charge >= 0.3 is 0 Å². The molecule has 0 saturated carbocycles. The van der Waals surface area contributed by atoms with Crippen molar-refractivity contribution in [2.75, 3.05) is 13.1 Å². The second-order valence-electron chi connectivity index (χ2n) is 4.04. The average molecular weight is 274 g/mol. The zero-order valence-electron chi connectivity index (χ0n) is 9.17. The van der Waals surface area contributed by atoms with E-state index in [1.54, 1.807) is 0 Å². The fraction of sp³-hybridized carbons (Fsp3) is 0.556. The summed E-state index contributed by atoms with van der Waals surface area (Å²) in [7, 11) is -3.46. The minimum absolute atomic E-state index is 0.0274. The van der Waals surface area contributed by atoms with E-state index in [1.807, 2.05) is 0 Å². The smallest absolute Gasteiger partial charge is 0.246 e. The molecule has 94 valence electrons. The van der Waals surface area contributed by atoms with E-state index in [0.717, 1.165) is 12.8 Å². The van der Waals surface area contributed by atoms with Crippen LogP contribution in [-0.2, 0) is 10.0 Å². The van der Waals surface area contributed by atoms with Gasteiger partial charge in [-0.15, -0.1) is 0 Å². The van der Waals surface area contributed by atoms with Gasteiger partial charge in [-0.1, -0.05) is 12.2 Å². The Morgan fingerprint density at radius 1 is 1.65 bits per heavy atom. The Morgan fingerprint density at radius 2 is 2.41 bits per heavy atom. The van der Waals surface area contributed by atoms with Crippen molar-refractivity contribution in [1.29, 1.82) is 0 Å². The first-order valence-electron chi connectivity index (χ1n) is 5.30. The van der Waals surface area contributed by atoms with Crippen LogP contribution in [-0.4, -0.2) is 41.0 Å². The minimum atomic E-state index is -3.46. The van der Waals surface area contributed by atoms with Crippen LogP contribution in [0.2, 0.25) is 0 Å². The lowest BCUT2D eigenvalue weighted by Gasteiger charge is -2.30. The highest BCUT2D eigenvalue weighted by Gasteiger charge is 2.31. The Hall–Kier alpha value is -0.990. The van der Waals surface area contributed by atoms with Crippen LogP contribution in [0, 0.1) is 5.92 Å². The number of hydrogen-bond acceptors (Lipinski definition) is 4. The van der Waals surface area contributed by atoms with Gasteiger partial charge in [0.15, 0.2) is 0 Å². The van der Waals surface area contributed by atoms with Gasteiger partial charge in [-0.05, 0) is 12.8 Å². The molecule has 8 heteroatoms. The molecule has 0 bridgehead atoms. The molecule has 17 heavy (non-hydrogen) atoms. The van der Waals surface area contributed by atoms with Crippen LogP contribution in [0.25, 0.3) is 0 Å². The molecule has 1 aromatic heterocycles. The summed E-state index contributed by atoms with van der Waals surface area (Å²) >= 11 is 4.93. The topological polar surface area (TPSA) is 92.1 Å². The summed E-state index contributed by atoms with van der Waals surface area (Å²) in [5, 5.41) is 6.16. The second kappa shape index (κ2) is 4.71. The van der Waals surface area contributed by atoms with Gasteiger partial charge in [0.25, 0.3) is 0 Å². The number of piperidine rings is 1.